The zero-order valence-corrected chi connectivity index (χ0v) is 46.2. The van der Waals surface area contributed by atoms with Crippen LogP contribution < -0.4 is 37.6 Å². The molecule has 2 saturated heterocycles. The lowest BCUT2D eigenvalue weighted by atomic mass is 9.85. The number of piperidine rings is 1. The van der Waals surface area contributed by atoms with E-state index in [2.05, 4.69) is 48.0 Å². The predicted molar refractivity (Wildman–Crippen MR) is 295 cm³/mol. The maximum absolute atomic E-state index is 14.1. The van der Waals surface area contributed by atoms with Gasteiger partial charge in [0, 0.05) is 62.3 Å². The van der Waals surface area contributed by atoms with Crippen molar-refractivity contribution in [2.75, 3.05) is 42.1 Å². The van der Waals surface area contributed by atoms with E-state index in [0.29, 0.717) is 39.4 Å². The van der Waals surface area contributed by atoms with Crippen LogP contribution in [0.25, 0.3) is 10.4 Å². The second-order valence-electron chi connectivity index (χ2n) is 21.1. The van der Waals surface area contributed by atoms with E-state index in [1.165, 1.54) is 16.7 Å². The van der Waals surface area contributed by atoms with E-state index >= 15 is 0 Å². The third-order valence-electron chi connectivity index (χ3n) is 13.7. The van der Waals surface area contributed by atoms with E-state index in [4.69, 9.17) is 23.1 Å². The third kappa shape index (κ3) is 16.8. The Bertz CT molecular complexity index is 2550. The lowest BCUT2D eigenvalue weighted by molar-refractivity contribution is -0.144. The molecule has 20 heteroatoms. The standard InChI is InChI=1S/C54H76ClN11O6S2/c1-34(36-19-21-37(22-20-36)47-35(2)60-33-73-47)61-50(71)40-30-38(67)32-66(40)52(72)48(53(3,4)5)64-44(69)18-13-11-9-7-8-10-12-14-27-58-43(68)23-24-45(70)62-39-16-15-17-41(46(39)55)74-51-49(56)63-42(31-59-51)65-28-25-54(6,57)26-29-65/h15-17,19-22,31,33-34,38,40,48,67H,7-14,18,23-30,32,57H2,1-6H3,(H2,56,63)(H,58,68)(H,61,71)(H,62,70)(H,64,69)/t34-,38+,40-,48+/m0/s1. The number of amides is 5. The van der Waals surface area contributed by atoms with Crippen LogP contribution in [0.5, 0.6) is 0 Å². The molecule has 9 N–H and O–H groups in total. The van der Waals surface area contributed by atoms with Crippen LogP contribution in [0, 0.1) is 12.3 Å². The number of carbonyl (C=O) groups excluding carboxylic acids is 5. The molecule has 0 unspecified atom stereocenters. The Labute approximate surface area is 449 Å². The summed E-state index contributed by atoms with van der Waals surface area (Å²) >= 11 is 9.54. The van der Waals surface area contributed by atoms with E-state index < -0.39 is 23.6 Å². The largest absolute Gasteiger partial charge is 0.391 e. The van der Waals surface area contributed by atoms with Crippen molar-refractivity contribution in [1.29, 1.82) is 0 Å². The highest BCUT2D eigenvalue weighted by molar-refractivity contribution is 7.99. The van der Waals surface area contributed by atoms with E-state index in [0.717, 1.165) is 92.6 Å². The first-order valence-electron chi connectivity index (χ1n) is 26.0. The zero-order chi connectivity index (χ0) is 53.6. The molecule has 2 aromatic carbocycles. The van der Waals surface area contributed by atoms with Gasteiger partial charge in [-0.2, -0.15) is 0 Å². The van der Waals surface area contributed by atoms with Crippen LogP contribution in [0.15, 0.2) is 64.1 Å². The number of aryl methyl sites for hydroxylation is 1. The molecule has 5 amide bonds. The topological polar surface area (TPSA) is 251 Å². The SMILES string of the molecule is Cc1ncsc1-c1ccc([C@H](C)NC(=O)[C@@H]2C[C@@H](O)CN2C(=O)[C@@H](NC(=O)CCCCCCCCCCNC(=O)CCC(=O)Nc2cccc(Sc3ncc(N4CCC(C)(N)CC4)nc3N)c2Cl)C(C)(C)C)cc1. The van der Waals surface area contributed by atoms with Gasteiger partial charge in [0.05, 0.1) is 45.1 Å². The van der Waals surface area contributed by atoms with E-state index in [-0.39, 0.29) is 79.2 Å². The molecule has 2 aliphatic rings. The number of likely N-dealkylation sites (tertiary alicyclic amines) is 1. The minimum Gasteiger partial charge on any atom is -0.391 e. The molecule has 0 bridgehead atoms. The van der Waals surface area contributed by atoms with Gasteiger partial charge in [0.1, 0.15) is 22.9 Å². The van der Waals surface area contributed by atoms with Crippen molar-refractivity contribution >= 4 is 81.6 Å². The molecule has 2 aromatic heterocycles. The van der Waals surface area contributed by atoms with Crippen molar-refractivity contribution in [1.82, 2.24) is 35.8 Å². The summed E-state index contributed by atoms with van der Waals surface area (Å²) in [4.78, 5) is 85.1. The maximum Gasteiger partial charge on any atom is 0.246 e. The number of aliphatic hydroxyl groups excluding tert-OH is 1. The average Bonchev–Trinajstić information content (AvgIpc) is 3.98. The quantitative estimate of drug-likeness (QED) is 0.0327. The molecular formula is C54H76ClN11O6S2. The van der Waals surface area contributed by atoms with Crippen LogP contribution in [0.3, 0.4) is 0 Å². The molecule has 2 fully saturated rings. The summed E-state index contributed by atoms with van der Waals surface area (Å²) in [5.41, 5.74) is 16.9. The number of nitrogens with one attached hydrogen (secondary N) is 4. The van der Waals surface area contributed by atoms with Crippen molar-refractivity contribution in [2.45, 2.75) is 171 Å². The smallest absolute Gasteiger partial charge is 0.246 e. The van der Waals surface area contributed by atoms with Crippen molar-refractivity contribution in [3.8, 4) is 10.4 Å². The molecule has 6 rings (SSSR count). The zero-order valence-electron chi connectivity index (χ0n) is 43.8. The number of nitrogen functional groups attached to an aromatic ring is 1. The van der Waals surface area contributed by atoms with Gasteiger partial charge in [0.25, 0.3) is 0 Å². The Morgan fingerprint density at radius 1 is 0.905 bits per heavy atom. The fourth-order valence-electron chi connectivity index (χ4n) is 9.13. The van der Waals surface area contributed by atoms with Crippen molar-refractivity contribution < 1.29 is 29.1 Å². The van der Waals surface area contributed by atoms with Gasteiger partial charge in [-0.1, -0.05) is 113 Å². The average molecular weight is 1070 g/mol. The lowest BCUT2D eigenvalue weighted by Crippen LogP contribution is -2.57. The molecule has 4 atom stereocenters. The fraction of sp³-hybridized carbons (Fsp3) is 0.556. The van der Waals surface area contributed by atoms with Crippen LogP contribution in [-0.2, 0) is 24.0 Å². The monoisotopic (exact) mass is 1070 g/mol. The number of unbranched alkanes of at least 4 members (excludes halogenated alkanes) is 7. The predicted octanol–water partition coefficient (Wildman–Crippen LogP) is 8.33. The number of rotatable bonds is 24. The van der Waals surface area contributed by atoms with Gasteiger partial charge >= 0.3 is 0 Å². The molecule has 2 aliphatic heterocycles. The second kappa shape index (κ2) is 26.9. The van der Waals surface area contributed by atoms with E-state index in [1.807, 2.05) is 70.5 Å². The molecule has 0 radical (unpaired) electrons. The molecule has 0 saturated carbocycles. The Morgan fingerprint density at radius 3 is 2.22 bits per heavy atom. The number of aliphatic hydroxyl groups is 1. The molecule has 402 valence electrons. The highest BCUT2D eigenvalue weighted by Gasteiger charge is 2.44. The number of benzene rings is 2. The normalized spacial score (nSPS) is 17.4. The van der Waals surface area contributed by atoms with Gasteiger partial charge in [0.15, 0.2) is 5.82 Å². The number of nitrogens with zero attached hydrogens (tertiary/aromatic N) is 5. The maximum atomic E-state index is 14.1. The van der Waals surface area contributed by atoms with Gasteiger partial charge in [0.2, 0.25) is 29.5 Å². The van der Waals surface area contributed by atoms with E-state index in [1.54, 1.807) is 29.7 Å². The first kappa shape index (κ1) is 57.9. The summed E-state index contributed by atoms with van der Waals surface area (Å²) in [5.74, 6) is -0.462. The number of anilines is 3. The summed E-state index contributed by atoms with van der Waals surface area (Å²) in [5, 5.41) is 23.2. The van der Waals surface area contributed by atoms with Crippen LogP contribution >= 0.6 is 34.7 Å². The van der Waals surface area contributed by atoms with E-state index in [9.17, 15) is 29.1 Å². The van der Waals surface area contributed by atoms with Crippen molar-refractivity contribution in [2.24, 2.45) is 11.1 Å². The number of thiazole rings is 1. The first-order valence-corrected chi connectivity index (χ1v) is 28.0. The highest BCUT2D eigenvalue weighted by atomic mass is 35.5. The first-order chi connectivity index (χ1) is 35.2. The number of β-amino-alcohol motifs (C(OH)–C–C–N with tert-alkyl or cyclic N) is 1. The summed E-state index contributed by atoms with van der Waals surface area (Å²) in [6.45, 7) is 13.7. The van der Waals surface area contributed by atoms with Gasteiger partial charge in [-0.05, 0) is 75.1 Å². The number of hydrogen-bond acceptors (Lipinski definition) is 14. The molecule has 17 nitrogen and oxygen atoms in total. The van der Waals surface area contributed by atoms with Crippen LogP contribution in [0.4, 0.5) is 17.3 Å². The highest BCUT2D eigenvalue weighted by Crippen LogP contribution is 2.39. The second-order valence-corrected chi connectivity index (χ2v) is 23.4. The Balaban J connectivity index is 0.814. The number of carbonyl (C=O) groups is 5. The van der Waals surface area contributed by atoms with Gasteiger partial charge in [-0.3, -0.25) is 24.0 Å². The minimum absolute atomic E-state index is 0.00645. The fourth-order valence-corrected chi connectivity index (χ4v) is 11.0. The van der Waals surface area contributed by atoms with Crippen molar-refractivity contribution in [3.05, 3.63) is 70.5 Å². The Hall–Kier alpha value is -5.34. The van der Waals surface area contributed by atoms with Crippen LogP contribution in [0.1, 0.15) is 142 Å². The van der Waals surface area contributed by atoms with Crippen LogP contribution in [0.2, 0.25) is 5.02 Å². The summed E-state index contributed by atoms with van der Waals surface area (Å²) in [6, 6.07) is 11.2. The van der Waals surface area contributed by atoms with Gasteiger partial charge < -0.3 is 47.6 Å². The van der Waals surface area contributed by atoms with Gasteiger partial charge in [-0.15, -0.1) is 11.3 Å². The molecule has 4 heterocycles. The van der Waals surface area contributed by atoms with Crippen LogP contribution in [-0.4, -0.2) is 104 Å². The van der Waals surface area contributed by atoms with Gasteiger partial charge in [-0.25, -0.2) is 15.0 Å². The lowest BCUT2D eigenvalue weighted by Gasteiger charge is -2.37. The summed E-state index contributed by atoms with van der Waals surface area (Å²) < 4.78 is 0. The summed E-state index contributed by atoms with van der Waals surface area (Å²) in [6.07, 6.45) is 10.4. The van der Waals surface area contributed by atoms with Crippen molar-refractivity contribution in [3.63, 3.8) is 0 Å². The molecule has 74 heavy (non-hydrogen) atoms. The summed E-state index contributed by atoms with van der Waals surface area (Å²) in [7, 11) is 0. The minimum atomic E-state index is -0.874. The number of halogens is 1. The number of hydrogen-bond donors (Lipinski definition) is 7. The molecule has 0 spiro atoms. The molecule has 4 aromatic rings. The third-order valence-corrected chi connectivity index (χ3v) is 16.3. The Kier molecular flexibility index (Phi) is 21.1. The molecular weight excluding hydrogens is 998 g/mol. The number of nitrogens with two attached hydrogens (primary N) is 2. The Morgan fingerprint density at radius 2 is 1.57 bits per heavy atom. The molecule has 0 aliphatic carbocycles. The number of aromatic nitrogens is 3.